The van der Waals surface area contributed by atoms with Crippen LogP contribution >= 0.6 is 0 Å². The number of Topliss-reactive ketones (excluding diaryl/α,β-unsaturated/α-hetero) is 1. The highest BCUT2D eigenvalue weighted by atomic mass is 16.3. The van der Waals surface area contributed by atoms with Crippen molar-refractivity contribution in [2.24, 2.45) is 11.7 Å². The number of aryl methyl sites for hydroxylation is 1. The van der Waals surface area contributed by atoms with Gasteiger partial charge in [0.05, 0.1) is 23.2 Å². The Labute approximate surface area is 151 Å². The summed E-state index contributed by atoms with van der Waals surface area (Å²) in [4.78, 5) is 35.3. The molecule has 0 radical (unpaired) electrons. The molecule has 1 amide bonds. The number of carbonyl (C=O) groups is 2. The van der Waals surface area contributed by atoms with Gasteiger partial charge in [0.15, 0.2) is 5.78 Å². The predicted octanol–water partition coefficient (Wildman–Crippen LogP) is 1.99. The van der Waals surface area contributed by atoms with Crippen molar-refractivity contribution in [2.45, 2.75) is 38.5 Å². The quantitative estimate of drug-likeness (QED) is 0.904. The van der Waals surface area contributed by atoms with Crippen molar-refractivity contribution in [1.29, 1.82) is 0 Å². The third kappa shape index (κ3) is 2.98. The molecule has 0 aromatic carbocycles. The number of hydrogen-bond acceptors (Lipinski definition) is 6. The highest BCUT2D eigenvalue weighted by Gasteiger charge is 2.32. The van der Waals surface area contributed by atoms with E-state index in [1.807, 2.05) is 19.1 Å². The average Bonchev–Trinajstić information content (AvgIpc) is 3.15. The number of anilines is 1. The van der Waals surface area contributed by atoms with E-state index in [2.05, 4.69) is 9.88 Å². The number of rotatable bonds is 3. The summed E-state index contributed by atoms with van der Waals surface area (Å²) >= 11 is 0. The largest absolute Gasteiger partial charge is 0.469 e. The van der Waals surface area contributed by atoms with Gasteiger partial charge in [-0.1, -0.05) is 0 Å². The Morgan fingerprint density at radius 2 is 2.04 bits per heavy atom. The van der Waals surface area contributed by atoms with Crippen LogP contribution in [0.15, 0.2) is 22.8 Å². The fraction of sp³-hybridized carbons (Fsp3) is 0.474. The molecule has 1 saturated heterocycles. The molecule has 1 aliphatic heterocycles. The van der Waals surface area contributed by atoms with Crippen LogP contribution < -0.4 is 10.6 Å². The van der Waals surface area contributed by atoms with E-state index in [4.69, 9.17) is 15.1 Å². The standard InChI is InChI=1S/C19H22N4O3/c1-11-17-14(9-13(10-15(17)24)16-3-2-8-26-16)22-19(21-11)23-6-4-12(5-7-23)18(20)25/h2-3,8,12-13H,4-7,9-10H2,1H3,(H2,20,25). The van der Waals surface area contributed by atoms with Gasteiger partial charge < -0.3 is 15.1 Å². The van der Waals surface area contributed by atoms with Gasteiger partial charge in [0.25, 0.3) is 0 Å². The summed E-state index contributed by atoms with van der Waals surface area (Å²) in [6.45, 7) is 3.26. The number of nitrogens with zero attached hydrogens (tertiary/aromatic N) is 3. The lowest BCUT2D eigenvalue weighted by molar-refractivity contribution is -0.122. The molecule has 1 unspecified atom stereocenters. The lowest BCUT2D eigenvalue weighted by Gasteiger charge is -2.32. The molecule has 1 atom stereocenters. The van der Waals surface area contributed by atoms with Crippen molar-refractivity contribution >= 4 is 17.6 Å². The normalized spacial score (nSPS) is 20.9. The molecule has 1 fully saturated rings. The molecule has 0 spiro atoms. The zero-order chi connectivity index (χ0) is 18.3. The molecule has 2 aromatic rings. The average molecular weight is 354 g/mol. The van der Waals surface area contributed by atoms with E-state index in [9.17, 15) is 9.59 Å². The minimum atomic E-state index is -0.237. The van der Waals surface area contributed by atoms with E-state index in [1.54, 1.807) is 6.26 Å². The van der Waals surface area contributed by atoms with Crippen molar-refractivity contribution in [3.8, 4) is 0 Å². The Kier molecular flexibility index (Phi) is 4.22. The molecule has 1 aliphatic carbocycles. The lowest BCUT2D eigenvalue weighted by atomic mass is 9.84. The van der Waals surface area contributed by atoms with Gasteiger partial charge in [-0.2, -0.15) is 0 Å². The number of furan rings is 1. The zero-order valence-electron chi connectivity index (χ0n) is 14.8. The smallest absolute Gasteiger partial charge is 0.225 e. The molecular formula is C19H22N4O3. The van der Waals surface area contributed by atoms with Crippen LogP contribution in [0.4, 0.5) is 5.95 Å². The van der Waals surface area contributed by atoms with E-state index in [1.165, 1.54) is 0 Å². The predicted molar refractivity (Wildman–Crippen MR) is 95.0 cm³/mol. The molecule has 7 nitrogen and oxygen atoms in total. The molecule has 2 aliphatic rings. The zero-order valence-corrected chi connectivity index (χ0v) is 14.8. The summed E-state index contributed by atoms with van der Waals surface area (Å²) in [5, 5.41) is 0. The first-order valence-corrected chi connectivity index (χ1v) is 9.01. The number of fused-ring (bicyclic) bond motifs is 1. The molecule has 3 heterocycles. The van der Waals surface area contributed by atoms with Crippen LogP contribution in [0.5, 0.6) is 0 Å². The molecular weight excluding hydrogens is 332 g/mol. The van der Waals surface area contributed by atoms with E-state index in [0.29, 0.717) is 50.3 Å². The highest BCUT2D eigenvalue weighted by molar-refractivity contribution is 5.99. The van der Waals surface area contributed by atoms with Crippen LogP contribution in [-0.2, 0) is 11.2 Å². The van der Waals surface area contributed by atoms with Gasteiger partial charge in [-0.15, -0.1) is 0 Å². The molecule has 136 valence electrons. The maximum absolute atomic E-state index is 12.6. The SMILES string of the molecule is Cc1nc(N2CCC(C(N)=O)CC2)nc2c1C(=O)CC(c1ccco1)C2. The number of aromatic nitrogens is 2. The molecule has 0 saturated carbocycles. The second kappa shape index (κ2) is 6.55. The van der Waals surface area contributed by atoms with Crippen molar-refractivity contribution in [2.75, 3.05) is 18.0 Å². The van der Waals surface area contributed by atoms with Crippen LogP contribution in [0, 0.1) is 12.8 Å². The van der Waals surface area contributed by atoms with Gasteiger partial charge in [0.1, 0.15) is 5.76 Å². The summed E-state index contributed by atoms with van der Waals surface area (Å²) in [5.74, 6) is 1.24. The summed E-state index contributed by atoms with van der Waals surface area (Å²) in [5.41, 5.74) is 7.58. The van der Waals surface area contributed by atoms with Gasteiger partial charge in [0.2, 0.25) is 11.9 Å². The summed E-state index contributed by atoms with van der Waals surface area (Å²) in [6.07, 6.45) is 4.15. The Hall–Kier alpha value is -2.70. The van der Waals surface area contributed by atoms with E-state index in [0.717, 1.165) is 17.1 Å². The second-order valence-electron chi connectivity index (χ2n) is 7.14. The number of piperidine rings is 1. The van der Waals surface area contributed by atoms with E-state index >= 15 is 0 Å². The van der Waals surface area contributed by atoms with Gasteiger partial charge in [-0.25, -0.2) is 9.97 Å². The fourth-order valence-corrected chi connectivity index (χ4v) is 3.99. The number of amides is 1. The van der Waals surface area contributed by atoms with Crippen molar-refractivity contribution in [3.05, 3.63) is 41.1 Å². The maximum atomic E-state index is 12.6. The van der Waals surface area contributed by atoms with Crippen molar-refractivity contribution in [3.63, 3.8) is 0 Å². The number of nitrogens with two attached hydrogens (primary N) is 1. The summed E-state index contributed by atoms with van der Waals surface area (Å²) < 4.78 is 5.50. The molecule has 7 heteroatoms. The van der Waals surface area contributed by atoms with Gasteiger partial charge in [-0.05, 0) is 31.9 Å². The molecule has 2 N–H and O–H groups in total. The third-order valence-electron chi connectivity index (χ3n) is 5.43. The topological polar surface area (TPSA) is 102 Å². The van der Waals surface area contributed by atoms with Crippen LogP contribution in [0.2, 0.25) is 0 Å². The number of ketones is 1. The Balaban J connectivity index is 1.60. The van der Waals surface area contributed by atoms with Crippen LogP contribution in [-0.4, -0.2) is 34.7 Å². The van der Waals surface area contributed by atoms with Crippen molar-refractivity contribution < 1.29 is 14.0 Å². The first-order valence-electron chi connectivity index (χ1n) is 9.01. The first kappa shape index (κ1) is 16.8. The van der Waals surface area contributed by atoms with Crippen LogP contribution in [0.1, 0.15) is 52.7 Å². The van der Waals surface area contributed by atoms with Gasteiger partial charge in [0, 0.05) is 37.8 Å². The van der Waals surface area contributed by atoms with E-state index < -0.39 is 0 Å². The Morgan fingerprint density at radius 1 is 1.27 bits per heavy atom. The highest BCUT2D eigenvalue weighted by Crippen LogP contribution is 2.34. The minimum Gasteiger partial charge on any atom is -0.469 e. The number of primary amides is 1. The lowest BCUT2D eigenvalue weighted by Crippen LogP contribution is -2.39. The molecule has 4 rings (SSSR count). The second-order valence-corrected chi connectivity index (χ2v) is 7.14. The van der Waals surface area contributed by atoms with Gasteiger partial charge >= 0.3 is 0 Å². The maximum Gasteiger partial charge on any atom is 0.225 e. The Morgan fingerprint density at radius 3 is 2.69 bits per heavy atom. The summed E-state index contributed by atoms with van der Waals surface area (Å²) in [6, 6.07) is 3.75. The minimum absolute atomic E-state index is 0.0211. The number of hydrogen-bond donors (Lipinski definition) is 1. The number of carbonyl (C=O) groups excluding carboxylic acids is 2. The van der Waals surface area contributed by atoms with Crippen molar-refractivity contribution in [1.82, 2.24) is 9.97 Å². The molecule has 0 bridgehead atoms. The monoisotopic (exact) mass is 354 g/mol. The molecule has 2 aromatic heterocycles. The summed E-state index contributed by atoms with van der Waals surface area (Å²) in [7, 11) is 0. The van der Waals surface area contributed by atoms with Crippen LogP contribution in [0.25, 0.3) is 0 Å². The van der Waals surface area contributed by atoms with E-state index in [-0.39, 0.29) is 23.5 Å². The third-order valence-corrected chi connectivity index (χ3v) is 5.43. The molecule has 26 heavy (non-hydrogen) atoms. The van der Waals surface area contributed by atoms with Gasteiger partial charge in [-0.3, -0.25) is 9.59 Å². The fourth-order valence-electron chi connectivity index (χ4n) is 3.99. The Bertz CT molecular complexity index is 839. The first-order chi connectivity index (χ1) is 12.5. The van der Waals surface area contributed by atoms with Crippen LogP contribution in [0.3, 0.4) is 0 Å².